The van der Waals surface area contributed by atoms with Crippen LogP contribution in [-0.2, 0) is 0 Å². The van der Waals surface area contributed by atoms with Gasteiger partial charge in [0.1, 0.15) is 0 Å². The van der Waals surface area contributed by atoms with Gasteiger partial charge in [0.15, 0.2) is 0 Å². The molecule has 1 nitrogen and oxygen atoms in total. The van der Waals surface area contributed by atoms with E-state index in [9.17, 15) is 0 Å². The average molecular weight is 202 g/mol. The summed E-state index contributed by atoms with van der Waals surface area (Å²) in [5, 5.41) is 0. The Kier molecular flexibility index (Phi) is 1.69. The average Bonchev–Trinajstić information content (AvgIpc) is 2.67. The Hall–Kier alpha value is -0.300. The molecule has 3 atom stereocenters. The molecule has 81 valence electrons. The van der Waals surface area contributed by atoms with Crippen molar-refractivity contribution in [3.05, 3.63) is 18.6 Å². The Balaban J connectivity index is 1.33. The van der Waals surface area contributed by atoms with Crippen molar-refractivity contribution in [1.82, 2.24) is 4.90 Å². The molecule has 0 N–H and O–H groups in total. The highest BCUT2D eigenvalue weighted by Crippen LogP contribution is 2.49. The summed E-state index contributed by atoms with van der Waals surface area (Å²) in [6, 6.07) is 0. The number of allylic oxidation sites excluding steroid dienone is 2. The van der Waals surface area contributed by atoms with Crippen LogP contribution < -0.4 is 0 Å². The molecule has 1 saturated heterocycles. The van der Waals surface area contributed by atoms with Crippen LogP contribution in [0.3, 0.4) is 0 Å². The Morgan fingerprint density at radius 1 is 1.13 bits per heavy atom. The summed E-state index contributed by atoms with van der Waals surface area (Å²) in [5.74, 6) is 2.90. The van der Waals surface area contributed by atoms with Crippen molar-refractivity contribution in [1.29, 1.82) is 0 Å². The molecule has 1 aliphatic heterocycles. The van der Waals surface area contributed by atoms with Gasteiger partial charge in [0.25, 0.3) is 0 Å². The van der Waals surface area contributed by atoms with Gasteiger partial charge in [-0.25, -0.2) is 0 Å². The van der Waals surface area contributed by atoms with Gasteiger partial charge in [0.05, 0.1) is 0 Å². The third-order valence-electron chi connectivity index (χ3n) is 5.18. The Morgan fingerprint density at radius 3 is 2.53 bits per heavy atom. The molecule has 0 amide bonds. The third-order valence-corrected chi connectivity index (χ3v) is 5.18. The SMILES string of the molecule is [CH]1CC2(C1)CN(CC1CC3C=CC1C3)C2. The van der Waals surface area contributed by atoms with Gasteiger partial charge < -0.3 is 4.90 Å². The zero-order valence-electron chi connectivity index (χ0n) is 9.36. The van der Waals surface area contributed by atoms with E-state index >= 15 is 0 Å². The van der Waals surface area contributed by atoms with Gasteiger partial charge in [-0.3, -0.25) is 0 Å². The number of rotatable bonds is 2. The van der Waals surface area contributed by atoms with E-state index in [0.717, 1.165) is 23.2 Å². The van der Waals surface area contributed by atoms with Crippen LogP contribution >= 0.6 is 0 Å². The van der Waals surface area contributed by atoms with Gasteiger partial charge in [-0.2, -0.15) is 0 Å². The first kappa shape index (κ1) is 8.81. The maximum absolute atomic E-state index is 2.71. The van der Waals surface area contributed by atoms with E-state index in [1.165, 1.54) is 45.3 Å². The van der Waals surface area contributed by atoms with Crippen LogP contribution in [0.5, 0.6) is 0 Å². The second-order valence-electron chi connectivity index (χ2n) is 6.41. The van der Waals surface area contributed by atoms with Crippen molar-refractivity contribution in [2.45, 2.75) is 25.7 Å². The molecule has 1 heteroatoms. The number of likely N-dealkylation sites (tertiary alicyclic amines) is 1. The first-order valence-corrected chi connectivity index (χ1v) is 6.55. The summed E-state index contributed by atoms with van der Waals surface area (Å²) in [6.07, 6.45) is 13.2. The second-order valence-corrected chi connectivity index (χ2v) is 6.41. The van der Waals surface area contributed by atoms with E-state index in [4.69, 9.17) is 0 Å². The lowest BCUT2D eigenvalue weighted by molar-refractivity contribution is -0.0430. The minimum atomic E-state index is 0.771. The molecular formula is C14H20N. The fraction of sp³-hybridized carbons (Fsp3) is 0.786. The van der Waals surface area contributed by atoms with Gasteiger partial charge in [-0.15, -0.1) is 0 Å². The molecule has 0 aromatic rings. The summed E-state index contributed by atoms with van der Waals surface area (Å²) in [6.45, 7) is 4.20. The molecule has 0 aromatic heterocycles. The normalized spacial score (nSPS) is 45.7. The highest BCUT2D eigenvalue weighted by Gasteiger charge is 2.48. The maximum atomic E-state index is 2.71. The van der Waals surface area contributed by atoms with Gasteiger partial charge in [-0.05, 0) is 55.3 Å². The Bertz CT molecular complexity index is 294. The fourth-order valence-corrected chi connectivity index (χ4v) is 4.28. The topological polar surface area (TPSA) is 3.24 Å². The van der Waals surface area contributed by atoms with Gasteiger partial charge >= 0.3 is 0 Å². The Morgan fingerprint density at radius 2 is 2.00 bits per heavy atom. The summed E-state index contributed by atoms with van der Waals surface area (Å²) in [5.41, 5.74) is 0.771. The van der Waals surface area contributed by atoms with E-state index in [0.29, 0.717) is 0 Å². The molecule has 3 aliphatic carbocycles. The summed E-state index contributed by atoms with van der Waals surface area (Å²) in [7, 11) is 0. The molecule has 3 unspecified atom stereocenters. The van der Waals surface area contributed by atoms with E-state index in [1.807, 2.05) is 0 Å². The largest absolute Gasteiger partial charge is 0.302 e. The smallest absolute Gasteiger partial charge is 0.00508 e. The summed E-state index contributed by atoms with van der Waals surface area (Å²) >= 11 is 0. The minimum absolute atomic E-state index is 0.771. The minimum Gasteiger partial charge on any atom is -0.302 e. The molecule has 3 fully saturated rings. The van der Waals surface area contributed by atoms with Crippen LogP contribution in [0.2, 0.25) is 0 Å². The first-order chi connectivity index (χ1) is 7.33. The molecule has 1 radical (unpaired) electrons. The quantitative estimate of drug-likeness (QED) is 0.622. The first-order valence-electron chi connectivity index (χ1n) is 6.55. The molecule has 1 heterocycles. The molecule has 2 bridgehead atoms. The van der Waals surface area contributed by atoms with E-state index in [2.05, 4.69) is 23.5 Å². The summed E-state index contributed by atoms with van der Waals surface area (Å²) in [4.78, 5) is 2.71. The van der Waals surface area contributed by atoms with Crippen molar-refractivity contribution in [3.8, 4) is 0 Å². The van der Waals surface area contributed by atoms with Crippen molar-refractivity contribution in [2.24, 2.45) is 23.2 Å². The van der Waals surface area contributed by atoms with Crippen LogP contribution in [0.1, 0.15) is 25.7 Å². The van der Waals surface area contributed by atoms with E-state index in [1.54, 1.807) is 0 Å². The van der Waals surface area contributed by atoms with Gasteiger partial charge in [0, 0.05) is 19.6 Å². The second kappa shape index (κ2) is 2.88. The predicted octanol–water partition coefficient (Wildman–Crippen LogP) is 2.50. The molecule has 4 rings (SSSR count). The molecule has 4 aliphatic rings. The van der Waals surface area contributed by atoms with Crippen LogP contribution in [0.15, 0.2) is 12.2 Å². The zero-order valence-corrected chi connectivity index (χ0v) is 9.36. The molecular weight excluding hydrogens is 182 g/mol. The van der Waals surface area contributed by atoms with Crippen LogP contribution in [0, 0.1) is 29.6 Å². The van der Waals surface area contributed by atoms with Crippen LogP contribution in [-0.4, -0.2) is 24.5 Å². The summed E-state index contributed by atoms with van der Waals surface area (Å²) < 4.78 is 0. The van der Waals surface area contributed by atoms with E-state index in [-0.39, 0.29) is 0 Å². The number of hydrogen-bond acceptors (Lipinski definition) is 1. The fourth-order valence-electron chi connectivity index (χ4n) is 4.28. The third kappa shape index (κ3) is 1.25. The number of fused-ring (bicyclic) bond motifs is 2. The predicted molar refractivity (Wildman–Crippen MR) is 61.3 cm³/mol. The standard InChI is InChI=1S/C14H20N/c1-4-14(5-1)9-15(10-14)8-13-7-11-2-3-12(13)6-11/h1-3,11-13H,4-10H2. The maximum Gasteiger partial charge on any atom is 0.00508 e. The van der Waals surface area contributed by atoms with Gasteiger partial charge in [-0.1, -0.05) is 12.2 Å². The Labute approximate surface area is 92.5 Å². The number of nitrogens with zero attached hydrogens (tertiary/aromatic N) is 1. The lowest BCUT2D eigenvalue weighted by Gasteiger charge is -2.56. The molecule has 0 aromatic carbocycles. The molecule has 15 heavy (non-hydrogen) atoms. The zero-order chi connectivity index (χ0) is 9.88. The lowest BCUT2D eigenvalue weighted by atomic mass is 9.63. The number of hydrogen-bond donors (Lipinski definition) is 0. The molecule has 1 spiro atoms. The van der Waals surface area contributed by atoms with Gasteiger partial charge in [0.2, 0.25) is 0 Å². The van der Waals surface area contributed by atoms with Crippen molar-refractivity contribution in [2.75, 3.05) is 19.6 Å². The van der Waals surface area contributed by atoms with Crippen LogP contribution in [0.4, 0.5) is 0 Å². The lowest BCUT2D eigenvalue weighted by Crippen LogP contribution is -2.60. The van der Waals surface area contributed by atoms with E-state index < -0.39 is 0 Å². The molecule has 2 saturated carbocycles. The monoisotopic (exact) mass is 202 g/mol. The highest BCUT2D eigenvalue weighted by atomic mass is 15.2. The van der Waals surface area contributed by atoms with Crippen molar-refractivity contribution < 1.29 is 0 Å². The van der Waals surface area contributed by atoms with Crippen molar-refractivity contribution in [3.63, 3.8) is 0 Å². The highest BCUT2D eigenvalue weighted by molar-refractivity contribution is 5.12. The van der Waals surface area contributed by atoms with Crippen LogP contribution in [0.25, 0.3) is 0 Å². The van der Waals surface area contributed by atoms with Crippen molar-refractivity contribution >= 4 is 0 Å².